The van der Waals surface area contributed by atoms with Crippen LogP contribution < -0.4 is 5.32 Å². The average Bonchev–Trinajstić information content (AvgIpc) is 2.33. The predicted octanol–water partition coefficient (Wildman–Crippen LogP) is 5.05. The molecule has 0 amide bonds. The molecule has 1 aliphatic rings. The van der Waals surface area contributed by atoms with Crippen molar-refractivity contribution in [2.24, 2.45) is 10.4 Å². The van der Waals surface area contributed by atoms with Crippen molar-refractivity contribution in [3.8, 4) is 0 Å². The molecular formula is C14H17BrF2N2S. The SMILES string of the molecule is CC(C)(C)C1CCSC(Nc2c(F)cc(Br)cc2F)=N1. The van der Waals surface area contributed by atoms with E-state index in [1.165, 1.54) is 23.9 Å². The molecule has 20 heavy (non-hydrogen) atoms. The zero-order valence-electron chi connectivity index (χ0n) is 11.6. The first-order valence-corrected chi connectivity index (χ1v) is 8.17. The van der Waals surface area contributed by atoms with Crippen LogP contribution in [0.1, 0.15) is 27.2 Å². The van der Waals surface area contributed by atoms with E-state index in [2.05, 4.69) is 47.0 Å². The zero-order chi connectivity index (χ0) is 14.9. The minimum Gasteiger partial charge on any atom is -0.330 e. The third-order valence-corrected chi connectivity index (χ3v) is 4.52. The van der Waals surface area contributed by atoms with Gasteiger partial charge in [-0.15, -0.1) is 0 Å². The van der Waals surface area contributed by atoms with Crippen molar-refractivity contribution in [3.05, 3.63) is 28.2 Å². The van der Waals surface area contributed by atoms with Gasteiger partial charge in [-0.25, -0.2) is 8.78 Å². The molecule has 1 aromatic rings. The highest BCUT2D eigenvalue weighted by atomic mass is 79.9. The lowest BCUT2D eigenvalue weighted by Gasteiger charge is -2.31. The lowest BCUT2D eigenvalue weighted by Crippen LogP contribution is -2.30. The van der Waals surface area contributed by atoms with E-state index < -0.39 is 11.6 Å². The maximum absolute atomic E-state index is 13.8. The number of hydrogen-bond acceptors (Lipinski definition) is 3. The Morgan fingerprint density at radius 2 is 1.90 bits per heavy atom. The van der Waals surface area contributed by atoms with Crippen LogP contribution in [0.25, 0.3) is 0 Å². The number of hydrogen-bond donors (Lipinski definition) is 1. The highest BCUT2D eigenvalue weighted by Gasteiger charge is 2.27. The molecule has 0 aliphatic carbocycles. The first-order chi connectivity index (χ1) is 9.27. The molecule has 2 rings (SSSR count). The van der Waals surface area contributed by atoms with E-state index in [1.54, 1.807) is 0 Å². The van der Waals surface area contributed by atoms with Gasteiger partial charge in [-0.3, -0.25) is 4.99 Å². The first-order valence-electron chi connectivity index (χ1n) is 6.39. The Balaban J connectivity index is 2.24. The summed E-state index contributed by atoms with van der Waals surface area (Å²) in [7, 11) is 0. The quantitative estimate of drug-likeness (QED) is 0.755. The van der Waals surface area contributed by atoms with Gasteiger partial charge < -0.3 is 5.32 Å². The van der Waals surface area contributed by atoms with E-state index in [-0.39, 0.29) is 17.1 Å². The molecule has 2 nitrogen and oxygen atoms in total. The number of benzene rings is 1. The van der Waals surface area contributed by atoms with Gasteiger partial charge in [0.25, 0.3) is 0 Å². The molecule has 1 aliphatic heterocycles. The molecule has 1 atom stereocenters. The Bertz CT molecular complexity index is 517. The standard InChI is InChI=1S/C14H17BrF2N2S/c1-14(2,3)11-4-5-20-13(18-11)19-12-9(16)6-8(15)7-10(12)17/h6-7,11H,4-5H2,1-3H3,(H,18,19). The first kappa shape index (κ1) is 15.8. The molecule has 6 heteroatoms. The summed E-state index contributed by atoms with van der Waals surface area (Å²) in [4.78, 5) is 4.58. The molecule has 0 saturated heterocycles. The second-order valence-electron chi connectivity index (χ2n) is 5.82. The highest BCUT2D eigenvalue weighted by Crippen LogP contribution is 2.32. The molecule has 0 saturated carbocycles. The molecule has 0 aromatic heterocycles. The van der Waals surface area contributed by atoms with E-state index in [9.17, 15) is 8.78 Å². The predicted molar refractivity (Wildman–Crippen MR) is 85.4 cm³/mol. The summed E-state index contributed by atoms with van der Waals surface area (Å²) in [6.45, 7) is 6.36. The fourth-order valence-electron chi connectivity index (χ4n) is 1.97. The Hall–Kier alpha value is -0.620. The zero-order valence-corrected chi connectivity index (χ0v) is 14.0. The lowest BCUT2D eigenvalue weighted by molar-refractivity contribution is 0.316. The van der Waals surface area contributed by atoms with Gasteiger partial charge in [-0.05, 0) is 24.0 Å². The summed E-state index contributed by atoms with van der Waals surface area (Å²) in [5, 5.41) is 3.37. The van der Waals surface area contributed by atoms with Crippen molar-refractivity contribution < 1.29 is 8.78 Å². The van der Waals surface area contributed by atoms with Crippen LogP contribution in [-0.4, -0.2) is 17.0 Å². The Kier molecular flexibility index (Phi) is 4.74. The summed E-state index contributed by atoms with van der Waals surface area (Å²) < 4.78 is 28.0. The number of amidine groups is 1. The number of rotatable bonds is 1. The largest absolute Gasteiger partial charge is 0.330 e. The van der Waals surface area contributed by atoms with Crippen LogP contribution in [0.2, 0.25) is 0 Å². The van der Waals surface area contributed by atoms with Crippen molar-refractivity contribution >= 4 is 38.5 Å². The van der Waals surface area contributed by atoms with E-state index in [0.717, 1.165) is 12.2 Å². The van der Waals surface area contributed by atoms with Gasteiger partial charge >= 0.3 is 0 Å². The van der Waals surface area contributed by atoms with Gasteiger partial charge in [0.1, 0.15) is 5.69 Å². The smallest absolute Gasteiger partial charge is 0.161 e. The molecule has 1 heterocycles. The number of nitrogens with one attached hydrogen (secondary N) is 1. The van der Waals surface area contributed by atoms with Crippen molar-refractivity contribution in [1.29, 1.82) is 0 Å². The number of nitrogens with zero attached hydrogens (tertiary/aromatic N) is 1. The molecular weight excluding hydrogens is 346 g/mol. The maximum Gasteiger partial charge on any atom is 0.161 e. The number of aliphatic imine (C=N–C) groups is 1. The van der Waals surface area contributed by atoms with Crippen LogP contribution in [-0.2, 0) is 0 Å². The molecule has 0 bridgehead atoms. The monoisotopic (exact) mass is 362 g/mol. The van der Waals surface area contributed by atoms with Gasteiger partial charge in [-0.1, -0.05) is 48.5 Å². The summed E-state index contributed by atoms with van der Waals surface area (Å²) in [5.41, 5.74) is -0.0981. The third-order valence-electron chi connectivity index (χ3n) is 3.14. The van der Waals surface area contributed by atoms with Crippen LogP contribution in [0, 0.1) is 17.0 Å². The molecule has 0 radical (unpaired) electrons. The van der Waals surface area contributed by atoms with Crippen molar-refractivity contribution in [3.63, 3.8) is 0 Å². The average molecular weight is 363 g/mol. The van der Waals surface area contributed by atoms with Crippen molar-refractivity contribution in [1.82, 2.24) is 0 Å². The Morgan fingerprint density at radius 1 is 1.30 bits per heavy atom. The minimum absolute atomic E-state index is 0.0463. The second kappa shape index (κ2) is 6.02. The van der Waals surface area contributed by atoms with Crippen molar-refractivity contribution in [2.45, 2.75) is 33.2 Å². The van der Waals surface area contributed by atoms with Gasteiger partial charge in [0.2, 0.25) is 0 Å². The summed E-state index contributed by atoms with van der Waals surface area (Å²) in [6, 6.07) is 2.63. The Morgan fingerprint density at radius 3 is 2.45 bits per heavy atom. The van der Waals surface area contributed by atoms with E-state index in [0.29, 0.717) is 9.64 Å². The fraction of sp³-hybridized carbons (Fsp3) is 0.500. The third kappa shape index (κ3) is 3.73. The second-order valence-corrected chi connectivity index (χ2v) is 7.82. The van der Waals surface area contributed by atoms with Crippen LogP contribution >= 0.6 is 27.7 Å². The Labute approximate surface area is 130 Å². The normalized spacial score (nSPS) is 19.7. The molecule has 110 valence electrons. The highest BCUT2D eigenvalue weighted by molar-refractivity contribution is 9.10. The van der Waals surface area contributed by atoms with Crippen molar-refractivity contribution in [2.75, 3.05) is 11.1 Å². The van der Waals surface area contributed by atoms with E-state index in [4.69, 9.17) is 0 Å². The van der Waals surface area contributed by atoms with E-state index >= 15 is 0 Å². The summed E-state index contributed by atoms with van der Waals surface area (Å²) in [6.07, 6.45) is 0.977. The lowest BCUT2D eigenvalue weighted by atomic mass is 9.85. The fourth-order valence-corrected chi connectivity index (χ4v) is 3.29. The van der Waals surface area contributed by atoms with Gasteiger partial charge in [0, 0.05) is 10.2 Å². The van der Waals surface area contributed by atoms with Crippen LogP contribution in [0.4, 0.5) is 14.5 Å². The molecule has 1 aromatic carbocycles. The van der Waals surface area contributed by atoms with Gasteiger partial charge in [0.15, 0.2) is 16.8 Å². The topological polar surface area (TPSA) is 24.4 Å². The number of thioether (sulfide) groups is 1. The maximum atomic E-state index is 13.8. The van der Waals surface area contributed by atoms with Gasteiger partial charge in [-0.2, -0.15) is 0 Å². The minimum atomic E-state index is -0.627. The molecule has 0 spiro atoms. The van der Waals surface area contributed by atoms with Crippen LogP contribution in [0.5, 0.6) is 0 Å². The molecule has 1 unspecified atom stereocenters. The summed E-state index contributed by atoms with van der Waals surface area (Å²) in [5.74, 6) is -0.357. The number of halogens is 3. The molecule has 0 fully saturated rings. The van der Waals surface area contributed by atoms with E-state index in [1.807, 2.05) is 0 Å². The summed E-state index contributed by atoms with van der Waals surface area (Å²) >= 11 is 4.56. The van der Waals surface area contributed by atoms with Gasteiger partial charge in [0.05, 0.1) is 6.04 Å². The van der Waals surface area contributed by atoms with Crippen LogP contribution in [0.15, 0.2) is 21.6 Å². The van der Waals surface area contributed by atoms with Crippen LogP contribution in [0.3, 0.4) is 0 Å². The molecule has 1 N–H and O–H groups in total. The number of anilines is 1.